The number of nitrogens with one attached hydrogen (secondary N) is 1. The summed E-state index contributed by atoms with van der Waals surface area (Å²) < 4.78 is 41.1. The van der Waals surface area contributed by atoms with Crippen molar-refractivity contribution >= 4 is 33.6 Å². The van der Waals surface area contributed by atoms with Crippen molar-refractivity contribution in [3.63, 3.8) is 0 Å². The van der Waals surface area contributed by atoms with E-state index in [1.165, 1.54) is 8.61 Å². The first-order chi connectivity index (χ1) is 17.4. The first-order valence-corrected chi connectivity index (χ1v) is 13.3. The summed E-state index contributed by atoms with van der Waals surface area (Å²) in [6, 6.07) is 7.20. The quantitative estimate of drug-likeness (QED) is 0.367. The molecule has 1 saturated heterocycles. The Morgan fingerprint density at radius 1 is 1.19 bits per heavy atom. The predicted octanol–water partition coefficient (Wildman–Crippen LogP) is 3.40. The summed E-state index contributed by atoms with van der Waals surface area (Å²) in [5.41, 5.74) is 2.76. The number of hydrogen-bond donors (Lipinski definition) is 1. The SMILES string of the molecule is CCN1CCCN(CCNc2nccc(-c3c(-c4ccc(Cl)c(OC)c4)nc4occn34)n2)S1(=O)=O. The molecule has 1 fully saturated rings. The van der Waals surface area contributed by atoms with Gasteiger partial charge in [-0.25, -0.2) is 9.97 Å². The zero-order valence-electron chi connectivity index (χ0n) is 19.9. The van der Waals surface area contributed by atoms with Gasteiger partial charge in [0.2, 0.25) is 5.95 Å². The standard InChI is InChI=1S/C23H26ClN7O4S/c1-3-29-10-4-11-30(36(29,32)33)12-9-26-22-25-8-7-18(27-22)21-20(28-23-31(21)13-14-35-23)16-5-6-17(24)19(15-16)34-2/h5-8,13-15H,3-4,9-12H2,1-2H3,(H,25,26,27). The Labute approximate surface area is 213 Å². The van der Waals surface area contributed by atoms with E-state index in [1.54, 1.807) is 37.9 Å². The smallest absolute Gasteiger partial charge is 0.306 e. The molecule has 4 heterocycles. The predicted molar refractivity (Wildman–Crippen MR) is 136 cm³/mol. The fourth-order valence-electron chi connectivity index (χ4n) is 4.27. The van der Waals surface area contributed by atoms with E-state index in [0.717, 1.165) is 12.0 Å². The third-order valence-electron chi connectivity index (χ3n) is 6.05. The molecule has 0 bridgehead atoms. The molecule has 0 saturated carbocycles. The van der Waals surface area contributed by atoms with Gasteiger partial charge in [0.25, 0.3) is 10.2 Å². The maximum absolute atomic E-state index is 12.7. The number of benzene rings is 1. The molecule has 36 heavy (non-hydrogen) atoms. The van der Waals surface area contributed by atoms with Crippen LogP contribution in [0, 0.1) is 0 Å². The Hall–Kier alpha value is -3.19. The van der Waals surface area contributed by atoms with E-state index >= 15 is 0 Å². The molecule has 0 amide bonds. The van der Waals surface area contributed by atoms with Crippen molar-refractivity contribution < 1.29 is 17.6 Å². The van der Waals surface area contributed by atoms with Gasteiger partial charge in [-0.05, 0) is 24.6 Å². The molecule has 13 heteroatoms. The maximum Gasteiger partial charge on any atom is 0.306 e. The second-order valence-corrected chi connectivity index (χ2v) is 10.5. The van der Waals surface area contributed by atoms with Crippen molar-refractivity contribution in [2.75, 3.05) is 45.2 Å². The Bertz CT molecular complexity index is 1490. The monoisotopic (exact) mass is 531 g/mol. The maximum atomic E-state index is 12.7. The minimum atomic E-state index is -3.43. The fraction of sp³-hybridized carbons (Fsp3) is 0.348. The molecule has 5 rings (SSSR count). The van der Waals surface area contributed by atoms with Crippen LogP contribution in [0.5, 0.6) is 5.75 Å². The molecular formula is C23H26ClN7O4S. The van der Waals surface area contributed by atoms with Crippen molar-refractivity contribution in [1.29, 1.82) is 0 Å². The summed E-state index contributed by atoms with van der Waals surface area (Å²) in [4.78, 5) is 13.6. The van der Waals surface area contributed by atoms with Gasteiger partial charge in [-0.1, -0.05) is 24.6 Å². The van der Waals surface area contributed by atoms with E-state index in [2.05, 4.69) is 20.3 Å². The molecule has 1 N–H and O–H groups in total. The molecular weight excluding hydrogens is 506 g/mol. The van der Waals surface area contributed by atoms with Crippen molar-refractivity contribution in [2.24, 2.45) is 0 Å². The highest BCUT2D eigenvalue weighted by molar-refractivity contribution is 7.86. The van der Waals surface area contributed by atoms with Gasteiger partial charge in [-0.3, -0.25) is 4.40 Å². The van der Waals surface area contributed by atoms with Crippen LogP contribution in [0.1, 0.15) is 13.3 Å². The topological polar surface area (TPSA) is 118 Å². The van der Waals surface area contributed by atoms with Gasteiger partial charge in [0.05, 0.1) is 17.8 Å². The van der Waals surface area contributed by atoms with Crippen LogP contribution >= 0.6 is 11.6 Å². The molecule has 4 aromatic rings. The van der Waals surface area contributed by atoms with Gasteiger partial charge < -0.3 is 14.5 Å². The second-order valence-electron chi connectivity index (χ2n) is 8.16. The molecule has 0 radical (unpaired) electrons. The Kier molecular flexibility index (Phi) is 6.84. The highest BCUT2D eigenvalue weighted by Gasteiger charge is 2.31. The average molecular weight is 532 g/mol. The number of fused-ring (bicyclic) bond motifs is 1. The molecule has 0 unspecified atom stereocenters. The van der Waals surface area contributed by atoms with Gasteiger partial charge in [-0.2, -0.15) is 22.0 Å². The lowest BCUT2D eigenvalue weighted by Crippen LogP contribution is -2.50. The van der Waals surface area contributed by atoms with E-state index in [-0.39, 0.29) is 0 Å². The first-order valence-electron chi connectivity index (χ1n) is 11.5. The Morgan fingerprint density at radius 2 is 2.03 bits per heavy atom. The molecule has 0 aliphatic carbocycles. The number of imidazole rings is 1. The van der Waals surface area contributed by atoms with Crippen LogP contribution in [-0.2, 0) is 10.2 Å². The number of methoxy groups -OCH3 is 1. The summed E-state index contributed by atoms with van der Waals surface area (Å²) in [6.07, 6.45) is 5.77. The number of nitrogens with zero attached hydrogens (tertiary/aromatic N) is 6. The van der Waals surface area contributed by atoms with E-state index in [9.17, 15) is 8.42 Å². The summed E-state index contributed by atoms with van der Waals surface area (Å²) in [5.74, 6) is 1.33. The van der Waals surface area contributed by atoms with Crippen LogP contribution in [0.4, 0.5) is 5.95 Å². The van der Waals surface area contributed by atoms with E-state index in [1.807, 2.05) is 23.5 Å². The molecule has 1 aliphatic heterocycles. The van der Waals surface area contributed by atoms with E-state index < -0.39 is 10.2 Å². The summed E-state index contributed by atoms with van der Waals surface area (Å²) in [6.45, 7) is 4.07. The van der Waals surface area contributed by atoms with Crippen molar-refractivity contribution in [3.8, 4) is 28.4 Å². The third kappa shape index (κ3) is 4.52. The van der Waals surface area contributed by atoms with Gasteiger partial charge >= 0.3 is 5.84 Å². The van der Waals surface area contributed by atoms with Crippen LogP contribution < -0.4 is 10.1 Å². The van der Waals surface area contributed by atoms with E-state index in [4.69, 9.17) is 20.8 Å². The number of anilines is 1. The molecule has 0 spiro atoms. The summed E-state index contributed by atoms with van der Waals surface area (Å²) in [5, 5.41) is 3.65. The number of hydrogen-bond acceptors (Lipinski definition) is 8. The van der Waals surface area contributed by atoms with Crippen LogP contribution in [0.3, 0.4) is 0 Å². The van der Waals surface area contributed by atoms with Gasteiger partial charge in [-0.15, -0.1) is 0 Å². The number of halogens is 1. The highest BCUT2D eigenvalue weighted by Crippen LogP contribution is 2.36. The lowest BCUT2D eigenvalue weighted by molar-refractivity contribution is 0.295. The number of aromatic nitrogens is 4. The van der Waals surface area contributed by atoms with Crippen LogP contribution in [0.15, 0.2) is 47.3 Å². The third-order valence-corrected chi connectivity index (χ3v) is 8.47. The van der Waals surface area contributed by atoms with Crippen LogP contribution in [0.2, 0.25) is 5.02 Å². The van der Waals surface area contributed by atoms with Crippen LogP contribution in [-0.4, -0.2) is 76.2 Å². The molecule has 1 aliphatic rings. The van der Waals surface area contributed by atoms with Crippen LogP contribution in [0.25, 0.3) is 28.5 Å². The minimum Gasteiger partial charge on any atom is -0.495 e. The number of ether oxygens (including phenoxy) is 1. The average Bonchev–Trinajstić information content (AvgIpc) is 3.47. The summed E-state index contributed by atoms with van der Waals surface area (Å²) in [7, 11) is -1.87. The summed E-state index contributed by atoms with van der Waals surface area (Å²) >= 11 is 6.22. The largest absolute Gasteiger partial charge is 0.495 e. The molecule has 190 valence electrons. The zero-order valence-corrected chi connectivity index (χ0v) is 21.5. The minimum absolute atomic E-state index is 0.320. The fourth-order valence-corrected chi connectivity index (χ4v) is 6.16. The highest BCUT2D eigenvalue weighted by atomic mass is 35.5. The zero-order chi connectivity index (χ0) is 25.3. The number of rotatable bonds is 8. The first kappa shape index (κ1) is 24.5. The Morgan fingerprint density at radius 3 is 2.83 bits per heavy atom. The lowest BCUT2D eigenvalue weighted by atomic mass is 10.1. The van der Waals surface area contributed by atoms with Gasteiger partial charge in [0.1, 0.15) is 23.4 Å². The Balaban J connectivity index is 1.41. The molecule has 3 aromatic heterocycles. The van der Waals surface area contributed by atoms with E-state index in [0.29, 0.717) is 72.4 Å². The lowest BCUT2D eigenvalue weighted by Gasteiger charge is -2.33. The van der Waals surface area contributed by atoms with Crippen molar-refractivity contribution in [1.82, 2.24) is 28.0 Å². The second kappa shape index (κ2) is 10.1. The van der Waals surface area contributed by atoms with Gasteiger partial charge in [0.15, 0.2) is 0 Å². The van der Waals surface area contributed by atoms with Crippen molar-refractivity contribution in [2.45, 2.75) is 13.3 Å². The molecule has 11 nitrogen and oxygen atoms in total. The van der Waals surface area contributed by atoms with Crippen molar-refractivity contribution in [3.05, 3.63) is 47.9 Å². The normalized spacial score (nSPS) is 16.4. The molecule has 0 atom stereocenters. The van der Waals surface area contributed by atoms with Gasteiger partial charge in [0, 0.05) is 50.7 Å². The molecule has 1 aromatic carbocycles. The number of oxazole rings is 1.